The third kappa shape index (κ3) is 4.45. The van der Waals surface area contributed by atoms with E-state index in [9.17, 15) is 9.59 Å². The molecule has 0 radical (unpaired) electrons. The summed E-state index contributed by atoms with van der Waals surface area (Å²) < 4.78 is 29.6. The first-order valence-corrected chi connectivity index (χ1v) is 9.87. The number of rotatable bonds is 8. The molecule has 160 valence electrons. The summed E-state index contributed by atoms with van der Waals surface area (Å²) in [4.78, 5) is 29.2. The molecule has 1 N–H and O–H groups in total. The lowest BCUT2D eigenvalue weighted by molar-refractivity contribution is -0.117. The molecule has 3 aromatic rings. The Morgan fingerprint density at radius 1 is 1.29 bits per heavy atom. The fourth-order valence-electron chi connectivity index (χ4n) is 3.33. The van der Waals surface area contributed by atoms with E-state index >= 15 is 0 Å². The molecule has 31 heavy (non-hydrogen) atoms. The van der Waals surface area contributed by atoms with Crippen LogP contribution in [0.5, 0.6) is 5.75 Å². The lowest BCUT2D eigenvalue weighted by Crippen LogP contribution is -2.17. The Balaban J connectivity index is 1.72. The van der Waals surface area contributed by atoms with E-state index in [1.165, 1.54) is 7.11 Å². The highest BCUT2D eigenvalue weighted by molar-refractivity contribution is 5.96. The summed E-state index contributed by atoms with van der Waals surface area (Å²) in [7, 11) is 3.29. The van der Waals surface area contributed by atoms with E-state index in [2.05, 4.69) is 25.6 Å². The van der Waals surface area contributed by atoms with Crippen molar-refractivity contribution in [1.82, 2.24) is 25.0 Å². The number of aryl methyl sites for hydroxylation is 1. The summed E-state index contributed by atoms with van der Waals surface area (Å²) in [5.74, 6) is 0.365. The molecule has 9 heteroatoms. The molecule has 1 aliphatic rings. The van der Waals surface area contributed by atoms with Crippen molar-refractivity contribution in [3.8, 4) is 17.1 Å². The van der Waals surface area contributed by atoms with Crippen LogP contribution in [0.1, 0.15) is 51.8 Å². The van der Waals surface area contributed by atoms with E-state index < -0.39 is 19.1 Å². The van der Waals surface area contributed by atoms with Gasteiger partial charge in [-0.2, -0.15) is 5.10 Å². The fraction of sp³-hybridized carbons (Fsp3) is 0.364. The summed E-state index contributed by atoms with van der Waals surface area (Å²) >= 11 is 0. The van der Waals surface area contributed by atoms with Gasteiger partial charge >= 0.3 is 0 Å². The number of anilines is 1. The SMILES string of the molecule is [2H]C([2H])([2H])CC(=O)c1nnc(NC(=O)C2CC2)cc1Cc1cccc(-c2ncn(C)n2)c1OC. The van der Waals surface area contributed by atoms with Crippen LogP contribution in [0.3, 0.4) is 0 Å². The minimum atomic E-state index is -2.45. The molecule has 2 heterocycles. The fourth-order valence-corrected chi connectivity index (χ4v) is 3.33. The van der Waals surface area contributed by atoms with Gasteiger partial charge in [-0.1, -0.05) is 19.0 Å². The average Bonchev–Trinajstić information content (AvgIpc) is 3.53. The first kappa shape index (κ1) is 17.1. The van der Waals surface area contributed by atoms with Crippen molar-refractivity contribution >= 4 is 17.5 Å². The molecule has 0 bridgehead atoms. The van der Waals surface area contributed by atoms with Crippen LogP contribution in [0.25, 0.3) is 11.4 Å². The van der Waals surface area contributed by atoms with Gasteiger partial charge < -0.3 is 10.1 Å². The number of Topliss-reactive ketones (excluding diaryl/α,β-unsaturated/α-hetero) is 1. The Labute approximate surface area is 184 Å². The monoisotopic (exact) mass is 423 g/mol. The van der Waals surface area contributed by atoms with Crippen LogP contribution in [0, 0.1) is 5.92 Å². The zero-order valence-electron chi connectivity index (χ0n) is 20.3. The largest absolute Gasteiger partial charge is 0.496 e. The maximum absolute atomic E-state index is 12.8. The van der Waals surface area contributed by atoms with E-state index in [0.29, 0.717) is 28.3 Å². The van der Waals surface area contributed by atoms with Crippen LogP contribution in [0.2, 0.25) is 0 Å². The molecule has 1 saturated carbocycles. The second-order valence-corrected chi connectivity index (χ2v) is 7.38. The molecular weight excluding hydrogens is 396 g/mol. The van der Waals surface area contributed by atoms with Gasteiger partial charge in [0.2, 0.25) is 5.91 Å². The maximum Gasteiger partial charge on any atom is 0.228 e. The normalized spacial score (nSPS) is 15.0. The van der Waals surface area contributed by atoms with E-state index in [0.717, 1.165) is 12.8 Å². The predicted molar refractivity (Wildman–Crippen MR) is 114 cm³/mol. The number of carbonyl (C=O) groups excluding carboxylic acids is 2. The molecule has 0 aliphatic heterocycles. The number of nitrogens with zero attached hydrogens (tertiary/aromatic N) is 5. The highest BCUT2D eigenvalue weighted by Gasteiger charge is 2.30. The summed E-state index contributed by atoms with van der Waals surface area (Å²) in [5, 5.41) is 15.0. The highest BCUT2D eigenvalue weighted by atomic mass is 16.5. The number of carbonyl (C=O) groups is 2. The molecule has 2 aromatic heterocycles. The van der Waals surface area contributed by atoms with Crippen molar-refractivity contribution in [1.29, 1.82) is 0 Å². The summed E-state index contributed by atoms with van der Waals surface area (Å²) in [6.07, 6.45) is 2.75. The van der Waals surface area contributed by atoms with E-state index in [1.807, 2.05) is 18.2 Å². The second-order valence-electron chi connectivity index (χ2n) is 7.38. The van der Waals surface area contributed by atoms with Crippen LogP contribution >= 0.6 is 0 Å². The number of hydrogen-bond acceptors (Lipinski definition) is 7. The minimum Gasteiger partial charge on any atom is -0.496 e. The third-order valence-electron chi connectivity index (χ3n) is 5.02. The zero-order valence-corrected chi connectivity index (χ0v) is 17.3. The Bertz CT molecular complexity index is 1240. The number of nitrogens with one attached hydrogen (secondary N) is 1. The van der Waals surface area contributed by atoms with Crippen molar-refractivity contribution in [2.75, 3.05) is 12.4 Å². The van der Waals surface area contributed by atoms with Gasteiger partial charge in [-0.05, 0) is 36.1 Å². The summed E-state index contributed by atoms with van der Waals surface area (Å²) in [6, 6.07) is 7.03. The second kappa shape index (κ2) is 8.63. The van der Waals surface area contributed by atoms with Gasteiger partial charge in [0.25, 0.3) is 0 Å². The number of amides is 1. The molecule has 0 atom stereocenters. The van der Waals surface area contributed by atoms with Crippen molar-refractivity contribution < 1.29 is 18.4 Å². The standard InChI is InChI=1S/C22H24N6O3/c1-4-17(29)19-15(11-18(25-26-19)24-22(30)13-8-9-13)10-14-6-5-7-16(20(14)31-3)21-23-12-28(2)27-21/h5-7,11-13H,4,8-10H2,1-3H3,(H,24,25,30)/i1D3. The molecule has 1 aliphatic carbocycles. The number of benzene rings is 1. The predicted octanol–water partition coefficient (Wildman–Crippen LogP) is 2.81. The molecule has 4 rings (SSSR count). The molecule has 1 fully saturated rings. The van der Waals surface area contributed by atoms with Gasteiger partial charge in [-0.25, -0.2) is 4.98 Å². The smallest absolute Gasteiger partial charge is 0.228 e. The Kier molecular flexibility index (Phi) is 4.76. The van der Waals surface area contributed by atoms with Crippen molar-refractivity contribution in [3.63, 3.8) is 0 Å². The van der Waals surface area contributed by atoms with Crippen molar-refractivity contribution in [3.05, 3.63) is 47.4 Å². The quantitative estimate of drug-likeness (QED) is 0.555. The zero-order chi connectivity index (χ0) is 24.5. The van der Waals surface area contributed by atoms with E-state index in [4.69, 9.17) is 8.85 Å². The molecule has 1 amide bonds. The lowest BCUT2D eigenvalue weighted by atomic mass is 9.98. The van der Waals surface area contributed by atoms with Crippen LogP contribution in [0.4, 0.5) is 5.82 Å². The topological polar surface area (TPSA) is 112 Å². The Morgan fingerprint density at radius 2 is 2.13 bits per heavy atom. The first-order valence-electron chi connectivity index (χ1n) is 11.4. The van der Waals surface area contributed by atoms with Gasteiger partial charge in [0, 0.05) is 29.9 Å². The molecule has 0 spiro atoms. The Hall–Kier alpha value is -3.62. The number of aromatic nitrogens is 5. The van der Waals surface area contributed by atoms with E-state index in [1.54, 1.807) is 24.1 Å². The summed E-state index contributed by atoms with van der Waals surface area (Å²) in [6.45, 7) is -2.45. The van der Waals surface area contributed by atoms with Gasteiger partial charge in [-0.3, -0.25) is 14.3 Å². The number of methoxy groups -OCH3 is 1. The van der Waals surface area contributed by atoms with E-state index in [-0.39, 0.29) is 29.8 Å². The van der Waals surface area contributed by atoms with Crippen LogP contribution < -0.4 is 10.1 Å². The van der Waals surface area contributed by atoms with Gasteiger partial charge in [0.05, 0.1) is 12.7 Å². The number of ketones is 1. The highest BCUT2D eigenvalue weighted by Crippen LogP contribution is 2.33. The third-order valence-corrected chi connectivity index (χ3v) is 5.02. The van der Waals surface area contributed by atoms with Crippen LogP contribution in [-0.2, 0) is 18.3 Å². The molecule has 1 aromatic carbocycles. The molecule has 0 saturated heterocycles. The van der Waals surface area contributed by atoms with Gasteiger partial charge in [0.1, 0.15) is 17.8 Å². The molecule has 9 nitrogen and oxygen atoms in total. The Morgan fingerprint density at radius 3 is 2.81 bits per heavy atom. The average molecular weight is 423 g/mol. The summed E-state index contributed by atoms with van der Waals surface area (Å²) in [5.41, 5.74) is 1.76. The lowest BCUT2D eigenvalue weighted by Gasteiger charge is -2.14. The van der Waals surface area contributed by atoms with Crippen LogP contribution in [-0.4, -0.2) is 43.8 Å². The van der Waals surface area contributed by atoms with Gasteiger partial charge in [0.15, 0.2) is 17.4 Å². The number of para-hydroxylation sites is 1. The number of hydrogen-bond donors (Lipinski definition) is 1. The van der Waals surface area contributed by atoms with Crippen molar-refractivity contribution in [2.24, 2.45) is 13.0 Å². The minimum absolute atomic E-state index is 0.0373. The number of ether oxygens (including phenoxy) is 1. The van der Waals surface area contributed by atoms with Crippen LogP contribution in [0.15, 0.2) is 30.6 Å². The van der Waals surface area contributed by atoms with Crippen molar-refractivity contribution in [2.45, 2.75) is 32.5 Å². The first-order chi connectivity index (χ1) is 16.1. The maximum atomic E-state index is 12.8. The molecule has 0 unspecified atom stereocenters. The van der Waals surface area contributed by atoms with Gasteiger partial charge in [-0.15, -0.1) is 10.2 Å². The molecular formula is C22H24N6O3.